The van der Waals surface area contributed by atoms with Gasteiger partial charge in [0.05, 0.1) is 12.6 Å². The third-order valence-corrected chi connectivity index (χ3v) is 5.67. The van der Waals surface area contributed by atoms with E-state index in [1.54, 1.807) is 0 Å². The summed E-state index contributed by atoms with van der Waals surface area (Å²) >= 11 is 0. The summed E-state index contributed by atoms with van der Waals surface area (Å²) in [6.07, 6.45) is 0. The molecule has 0 saturated carbocycles. The van der Waals surface area contributed by atoms with Gasteiger partial charge < -0.3 is 0 Å². The first-order chi connectivity index (χ1) is 9.93. The van der Waals surface area contributed by atoms with Crippen LogP contribution in [0.4, 0.5) is 0 Å². The predicted molar refractivity (Wildman–Crippen MR) is 88.0 cm³/mol. The standard InChI is InChI=1S/C19H23N2/c1-12-13(2)21-18(20(12)5)16-10-14-8-6-7-9-15(14)11-17(16)19(21,3)4/h6-13H,1-5H3/q+1. The van der Waals surface area contributed by atoms with Crippen LogP contribution in [0.1, 0.15) is 38.8 Å². The molecule has 0 radical (unpaired) electrons. The molecule has 0 fully saturated rings. The third kappa shape index (κ3) is 1.45. The molecule has 0 saturated heterocycles. The van der Waals surface area contributed by atoms with Crippen molar-refractivity contribution in [1.29, 1.82) is 0 Å². The minimum atomic E-state index is 0.0626. The zero-order valence-electron chi connectivity index (χ0n) is 13.5. The predicted octanol–water partition coefficient (Wildman–Crippen LogP) is 3.57. The van der Waals surface area contributed by atoms with Gasteiger partial charge in [-0.3, -0.25) is 4.58 Å². The minimum absolute atomic E-state index is 0.0626. The van der Waals surface area contributed by atoms with Crippen LogP contribution in [0.2, 0.25) is 0 Å². The van der Waals surface area contributed by atoms with Crippen LogP contribution in [0, 0.1) is 0 Å². The Bertz CT molecular complexity index is 785. The van der Waals surface area contributed by atoms with E-state index in [9.17, 15) is 0 Å². The highest BCUT2D eigenvalue weighted by atomic mass is 15.4. The number of amidine groups is 1. The monoisotopic (exact) mass is 279 g/mol. The molecule has 108 valence electrons. The summed E-state index contributed by atoms with van der Waals surface area (Å²) in [7, 11) is 2.23. The lowest BCUT2D eigenvalue weighted by Gasteiger charge is -2.29. The molecule has 21 heavy (non-hydrogen) atoms. The van der Waals surface area contributed by atoms with Crippen LogP contribution in [-0.4, -0.2) is 34.4 Å². The summed E-state index contributed by atoms with van der Waals surface area (Å²) in [6.45, 7) is 9.39. The fraction of sp³-hybridized carbons (Fsp3) is 0.421. The van der Waals surface area contributed by atoms with Gasteiger partial charge in [-0.1, -0.05) is 24.3 Å². The maximum atomic E-state index is 2.61. The number of fused-ring (bicyclic) bond motifs is 4. The molecule has 2 unspecified atom stereocenters. The summed E-state index contributed by atoms with van der Waals surface area (Å²) in [5.41, 5.74) is 2.94. The number of rotatable bonds is 0. The van der Waals surface area contributed by atoms with Crippen LogP contribution in [0.5, 0.6) is 0 Å². The summed E-state index contributed by atoms with van der Waals surface area (Å²) in [4.78, 5) is 2.61. The maximum Gasteiger partial charge on any atom is 0.280 e. The Hall–Kier alpha value is -1.83. The van der Waals surface area contributed by atoms with Gasteiger partial charge in [0.25, 0.3) is 5.84 Å². The fourth-order valence-electron chi connectivity index (χ4n) is 4.25. The van der Waals surface area contributed by atoms with Gasteiger partial charge in [0.15, 0.2) is 0 Å². The molecule has 0 N–H and O–H groups in total. The van der Waals surface area contributed by atoms with Crippen LogP contribution in [-0.2, 0) is 5.54 Å². The summed E-state index contributed by atoms with van der Waals surface area (Å²) in [5, 5.41) is 2.68. The van der Waals surface area contributed by atoms with Crippen molar-refractivity contribution >= 4 is 16.6 Å². The first-order valence-electron chi connectivity index (χ1n) is 7.85. The van der Waals surface area contributed by atoms with Crippen molar-refractivity contribution in [2.75, 3.05) is 7.05 Å². The van der Waals surface area contributed by atoms with Crippen LogP contribution in [0.3, 0.4) is 0 Å². The van der Waals surface area contributed by atoms with Crippen LogP contribution < -0.4 is 0 Å². The molecule has 0 aromatic heterocycles. The Labute approximate surface area is 126 Å². The molecule has 2 aliphatic rings. The van der Waals surface area contributed by atoms with Crippen LogP contribution in [0.15, 0.2) is 36.4 Å². The lowest BCUT2D eigenvalue weighted by Crippen LogP contribution is -2.44. The average molecular weight is 279 g/mol. The zero-order valence-corrected chi connectivity index (χ0v) is 13.5. The second-order valence-electron chi connectivity index (χ2n) is 7.09. The third-order valence-electron chi connectivity index (χ3n) is 5.67. The van der Waals surface area contributed by atoms with Gasteiger partial charge >= 0.3 is 0 Å². The van der Waals surface area contributed by atoms with E-state index in [0.717, 1.165) is 0 Å². The molecule has 0 bridgehead atoms. The Morgan fingerprint density at radius 3 is 2.33 bits per heavy atom. The highest BCUT2D eigenvalue weighted by Crippen LogP contribution is 2.44. The van der Waals surface area contributed by atoms with Crippen molar-refractivity contribution in [1.82, 2.24) is 4.90 Å². The smallest absolute Gasteiger partial charge is 0.257 e. The van der Waals surface area contributed by atoms with E-state index in [-0.39, 0.29) is 5.54 Å². The second-order valence-corrected chi connectivity index (χ2v) is 7.09. The molecule has 2 nitrogen and oxygen atoms in total. The molecule has 4 rings (SSSR count). The van der Waals surface area contributed by atoms with Gasteiger partial charge in [-0.25, -0.2) is 4.90 Å². The average Bonchev–Trinajstić information content (AvgIpc) is 2.83. The van der Waals surface area contributed by atoms with Gasteiger partial charge in [-0.05, 0) is 50.6 Å². The number of hydrogen-bond acceptors (Lipinski definition) is 1. The first-order valence-corrected chi connectivity index (χ1v) is 7.85. The normalized spacial score (nSPS) is 26.4. The lowest BCUT2D eigenvalue weighted by atomic mass is 9.90. The Kier molecular flexibility index (Phi) is 2.38. The Morgan fingerprint density at radius 1 is 1.05 bits per heavy atom. The number of hydrogen-bond donors (Lipinski definition) is 0. The molecular formula is C19H23N2+. The SMILES string of the molecule is CC1C(C)[N+](C)=C2c3cc4ccccc4cc3C(C)(C)N21. The molecule has 2 heterocycles. The molecule has 2 aliphatic heterocycles. The van der Waals surface area contributed by atoms with Crippen molar-refractivity contribution in [2.45, 2.75) is 45.3 Å². The molecule has 2 atom stereocenters. The zero-order chi connectivity index (χ0) is 14.9. The topological polar surface area (TPSA) is 6.25 Å². The van der Waals surface area contributed by atoms with E-state index in [1.807, 2.05) is 0 Å². The summed E-state index contributed by atoms with van der Waals surface area (Å²) < 4.78 is 2.45. The highest BCUT2D eigenvalue weighted by Gasteiger charge is 2.56. The van der Waals surface area contributed by atoms with Gasteiger partial charge in [-0.2, -0.15) is 0 Å². The van der Waals surface area contributed by atoms with Crippen LogP contribution >= 0.6 is 0 Å². The van der Waals surface area contributed by atoms with E-state index in [4.69, 9.17) is 0 Å². The van der Waals surface area contributed by atoms with E-state index >= 15 is 0 Å². The summed E-state index contributed by atoms with van der Waals surface area (Å²) in [5.74, 6) is 1.40. The van der Waals surface area contributed by atoms with Crippen molar-refractivity contribution in [2.24, 2.45) is 0 Å². The molecule has 2 heteroatoms. The maximum absolute atomic E-state index is 2.61. The molecule has 0 spiro atoms. The van der Waals surface area contributed by atoms with Crippen molar-refractivity contribution < 1.29 is 4.58 Å². The van der Waals surface area contributed by atoms with Crippen molar-refractivity contribution in [3.63, 3.8) is 0 Å². The van der Waals surface area contributed by atoms with Gasteiger partial charge in [-0.15, -0.1) is 0 Å². The minimum Gasteiger partial charge on any atom is -0.257 e. The summed E-state index contributed by atoms with van der Waals surface area (Å²) in [6, 6.07) is 14.5. The fourth-order valence-corrected chi connectivity index (χ4v) is 4.25. The van der Waals surface area contributed by atoms with E-state index < -0.39 is 0 Å². The quantitative estimate of drug-likeness (QED) is 0.668. The lowest BCUT2D eigenvalue weighted by molar-refractivity contribution is -0.526. The van der Waals surface area contributed by atoms with Gasteiger partial charge in [0.1, 0.15) is 17.6 Å². The number of likely N-dealkylation sites (N-methyl/N-ethyl adjacent to an activating group) is 1. The molecule has 0 amide bonds. The molecule has 2 aromatic carbocycles. The second kappa shape index (κ2) is 3.88. The van der Waals surface area contributed by atoms with Crippen molar-refractivity contribution in [3.8, 4) is 0 Å². The van der Waals surface area contributed by atoms with Gasteiger partial charge in [0.2, 0.25) is 0 Å². The Balaban J connectivity index is 2.08. The van der Waals surface area contributed by atoms with E-state index in [0.29, 0.717) is 12.1 Å². The van der Waals surface area contributed by atoms with Crippen LogP contribution in [0.25, 0.3) is 10.8 Å². The van der Waals surface area contributed by atoms with E-state index in [1.165, 1.54) is 27.7 Å². The first kappa shape index (κ1) is 12.9. The van der Waals surface area contributed by atoms with E-state index in [2.05, 4.69) is 80.6 Å². The largest absolute Gasteiger partial charge is 0.280 e. The van der Waals surface area contributed by atoms with Crippen molar-refractivity contribution in [3.05, 3.63) is 47.5 Å². The number of benzene rings is 2. The molecular weight excluding hydrogens is 256 g/mol. The number of nitrogens with zero attached hydrogens (tertiary/aromatic N) is 2. The highest BCUT2D eigenvalue weighted by molar-refractivity contribution is 6.05. The molecule has 2 aromatic rings. The molecule has 0 aliphatic carbocycles. The van der Waals surface area contributed by atoms with Gasteiger partial charge in [0, 0.05) is 5.56 Å². The Morgan fingerprint density at radius 2 is 1.67 bits per heavy atom.